The van der Waals surface area contributed by atoms with Crippen LogP contribution in [-0.2, 0) is 14.6 Å². The van der Waals surface area contributed by atoms with Crippen LogP contribution in [0.15, 0.2) is 35.2 Å². The number of hydrogen-bond donors (Lipinski definition) is 1. The van der Waals surface area contributed by atoms with Gasteiger partial charge in [0.05, 0.1) is 10.6 Å². The topological polar surface area (TPSA) is 63.2 Å². The third-order valence-electron chi connectivity index (χ3n) is 4.75. The van der Waals surface area contributed by atoms with E-state index in [9.17, 15) is 13.2 Å². The minimum atomic E-state index is -3.38. The highest BCUT2D eigenvalue weighted by molar-refractivity contribution is 7.91. The fourth-order valence-electron chi connectivity index (χ4n) is 3.04. The largest absolute Gasteiger partial charge is 0.353 e. The zero-order valence-electron chi connectivity index (χ0n) is 13.3. The Bertz CT molecular complexity index is 598. The summed E-state index contributed by atoms with van der Waals surface area (Å²) in [6.07, 6.45) is 3.34. The summed E-state index contributed by atoms with van der Waals surface area (Å²) in [5.74, 6) is 0.750. The zero-order chi connectivity index (χ0) is 16.2. The van der Waals surface area contributed by atoms with E-state index < -0.39 is 9.84 Å². The van der Waals surface area contributed by atoms with Crippen LogP contribution in [0, 0.1) is 11.8 Å². The van der Waals surface area contributed by atoms with Crippen molar-refractivity contribution in [3.63, 3.8) is 0 Å². The van der Waals surface area contributed by atoms with Crippen molar-refractivity contribution >= 4 is 15.7 Å². The highest BCUT2D eigenvalue weighted by Crippen LogP contribution is 2.29. The quantitative estimate of drug-likeness (QED) is 0.906. The standard InChI is InChI=1S/C17H25NO3S/c1-13-7-6-10-16(14(13)2)18-17(19)11-12-22(20,21)15-8-4-3-5-9-15/h3-5,8-9,13-14,16H,6-7,10-12H2,1-2H3,(H,18,19)/t13-,14+,16-/m0/s1. The fourth-order valence-corrected chi connectivity index (χ4v) is 4.30. The number of rotatable bonds is 5. The molecule has 0 radical (unpaired) electrons. The molecule has 5 heteroatoms. The molecule has 3 atom stereocenters. The predicted octanol–water partition coefficient (Wildman–Crippen LogP) is 2.79. The molecule has 0 heterocycles. The second-order valence-electron chi connectivity index (χ2n) is 6.32. The summed E-state index contributed by atoms with van der Waals surface area (Å²) in [5, 5.41) is 3.02. The number of carbonyl (C=O) groups excluding carboxylic acids is 1. The summed E-state index contributed by atoms with van der Waals surface area (Å²) >= 11 is 0. The molecule has 1 fully saturated rings. The molecule has 0 aliphatic heterocycles. The molecule has 0 bridgehead atoms. The lowest BCUT2D eigenvalue weighted by Crippen LogP contribution is -2.44. The van der Waals surface area contributed by atoms with Crippen LogP contribution in [0.1, 0.15) is 39.5 Å². The minimum absolute atomic E-state index is 0.0226. The number of amides is 1. The molecule has 1 aromatic rings. The molecule has 1 aliphatic carbocycles. The highest BCUT2D eigenvalue weighted by atomic mass is 32.2. The molecule has 4 nitrogen and oxygen atoms in total. The van der Waals surface area contributed by atoms with Gasteiger partial charge < -0.3 is 5.32 Å². The number of nitrogens with one attached hydrogen (secondary N) is 1. The van der Waals surface area contributed by atoms with E-state index in [0.29, 0.717) is 11.8 Å². The summed E-state index contributed by atoms with van der Waals surface area (Å²) in [4.78, 5) is 12.3. The Kier molecular flexibility index (Phi) is 5.62. The Morgan fingerprint density at radius 1 is 1.18 bits per heavy atom. The maximum Gasteiger partial charge on any atom is 0.221 e. The highest BCUT2D eigenvalue weighted by Gasteiger charge is 2.28. The number of carbonyl (C=O) groups is 1. The van der Waals surface area contributed by atoms with E-state index in [0.717, 1.165) is 12.8 Å². The van der Waals surface area contributed by atoms with Crippen LogP contribution in [0.25, 0.3) is 0 Å². The molecule has 1 aliphatic rings. The first kappa shape index (κ1) is 17.0. The van der Waals surface area contributed by atoms with E-state index in [1.165, 1.54) is 6.42 Å². The summed E-state index contributed by atoms with van der Waals surface area (Å²) in [7, 11) is -3.38. The van der Waals surface area contributed by atoms with Gasteiger partial charge in [0.1, 0.15) is 0 Å². The van der Waals surface area contributed by atoms with Crippen molar-refractivity contribution in [3.8, 4) is 0 Å². The van der Waals surface area contributed by atoms with E-state index in [2.05, 4.69) is 19.2 Å². The van der Waals surface area contributed by atoms with Gasteiger partial charge in [-0.1, -0.05) is 44.9 Å². The molecular formula is C17H25NO3S. The Balaban J connectivity index is 1.88. The first-order valence-electron chi connectivity index (χ1n) is 7.97. The average molecular weight is 323 g/mol. The van der Waals surface area contributed by atoms with E-state index in [1.807, 2.05) is 0 Å². The van der Waals surface area contributed by atoms with Crippen molar-refractivity contribution in [1.82, 2.24) is 5.32 Å². The normalized spacial score (nSPS) is 25.6. The molecule has 1 saturated carbocycles. The van der Waals surface area contributed by atoms with Gasteiger partial charge in [-0.05, 0) is 30.4 Å². The molecular weight excluding hydrogens is 298 g/mol. The Morgan fingerprint density at radius 3 is 2.55 bits per heavy atom. The fraction of sp³-hybridized carbons (Fsp3) is 0.588. The molecule has 1 aromatic carbocycles. The number of sulfone groups is 1. The lowest BCUT2D eigenvalue weighted by atomic mass is 9.78. The molecule has 1 N–H and O–H groups in total. The van der Waals surface area contributed by atoms with Crippen LogP contribution in [0.5, 0.6) is 0 Å². The van der Waals surface area contributed by atoms with Gasteiger partial charge in [-0.25, -0.2) is 8.42 Å². The SMILES string of the molecule is C[C@H]1[C@@H](NC(=O)CCS(=O)(=O)c2ccccc2)CCC[C@@H]1C. The van der Waals surface area contributed by atoms with Gasteiger partial charge in [-0.3, -0.25) is 4.79 Å². The van der Waals surface area contributed by atoms with Crippen molar-refractivity contribution in [3.05, 3.63) is 30.3 Å². The van der Waals surface area contributed by atoms with Gasteiger partial charge >= 0.3 is 0 Å². The average Bonchev–Trinajstić information content (AvgIpc) is 2.51. The van der Waals surface area contributed by atoms with Gasteiger partial charge in [0.2, 0.25) is 5.91 Å². The second kappa shape index (κ2) is 7.27. The zero-order valence-corrected chi connectivity index (χ0v) is 14.1. The van der Waals surface area contributed by atoms with Crippen molar-refractivity contribution in [1.29, 1.82) is 0 Å². The summed E-state index contributed by atoms with van der Waals surface area (Å²) in [5.41, 5.74) is 0. The molecule has 1 amide bonds. The van der Waals surface area contributed by atoms with Crippen LogP contribution >= 0.6 is 0 Å². The van der Waals surface area contributed by atoms with Crippen LogP contribution in [0.3, 0.4) is 0 Å². The molecule has 0 unspecified atom stereocenters. The molecule has 22 heavy (non-hydrogen) atoms. The van der Waals surface area contributed by atoms with E-state index in [-0.39, 0.29) is 29.0 Å². The second-order valence-corrected chi connectivity index (χ2v) is 8.43. The Morgan fingerprint density at radius 2 is 1.86 bits per heavy atom. The van der Waals surface area contributed by atoms with Gasteiger partial charge in [-0.15, -0.1) is 0 Å². The van der Waals surface area contributed by atoms with Gasteiger partial charge in [0.25, 0.3) is 0 Å². The van der Waals surface area contributed by atoms with E-state index >= 15 is 0 Å². The maximum absolute atomic E-state index is 12.2. The lowest BCUT2D eigenvalue weighted by molar-refractivity contribution is -0.122. The predicted molar refractivity (Wildman–Crippen MR) is 87.2 cm³/mol. The first-order valence-corrected chi connectivity index (χ1v) is 9.62. The number of benzene rings is 1. The third kappa shape index (κ3) is 4.32. The van der Waals surface area contributed by atoms with Crippen LogP contribution < -0.4 is 5.32 Å². The van der Waals surface area contributed by atoms with Crippen molar-refractivity contribution < 1.29 is 13.2 Å². The summed E-state index contributed by atoms with van der Waals surface area (Å²) in [6.45, 7) is 4.37. The van der Waals surface area contributed by atoms with Crippen LogP contribution in [0.2, 0.25) is 0 Å². The van der Waals surface area contributed by atoms with Crippen molar-refractivity contribution in [2.45, 2.75) is 50.5 Å². The maximum atomic E-state index is 12.2. The van der Waals surface area contributed by atoms with Crippen molar-refractivity contribution in [2.24, 2.45) is 11.8 Å². The molecule has 122 valence electrons. The van der Waals surface area contributed by atoms with Crippen LogP contribution in [0.4, 0.5) is 0 Å². The van der Waals surface area contributed by atoms with Gasteiger partial charge in [0.15, 0.2) is 9.84 Å². The smallest absolute Gasteiger partial charge is 0.221 e. The third-order valence-corrected chi connectivity index (χ3v) is 6.49. The molecule has 0 aromatic heterocycles. The van der Waals surface area contributed by atoms with Gasteiger partial charge in [-0.2, -0.15) is 0 Å². The number of hydrogen-bond acceptors (Lipinski definition) is 3. The van der Waals surface area contributed by atoms with Crippen LogP contribution in [-0.4, -0.2) is 26.1 Å². The minimum Gasteiger partial charge on any atom is -0.353 e. The molecule has 0 spiro atoms. The first-order chi connectivity index (χ1) is 10.4. The lowest BCUT2D eigenvalue weighted by Gasteiger charge is -2.34. The summed E-state index contributed by atoms with van der Waals surface area (Å²) in [6, 6.07) is 8.47. The molecule has 2 rings (SSSR count). The summed E-state index contributed by atoms with van der Waals surface area (Å²) < 4.78 is 24.3. The van der Waals surface area contributed by atoms with E-state index in [4.69, 9.17) is 0 Å². The Labute approximate surface area is 133 Å². The molecule has 0 saturated heterocycles. The van der Waals surface area contributed by atoms with Gasteiger partial charge in [0, 0.05) is 12.5 Å². The van der Waals surface area contributed by atoms with Crippen molar-refractivity contribution in [2.75, 3.05) is 5.75 Å². The van der Waals surface area contributed by atoms with E-state index in [1.54, 1.807) is 30.3 Å². The Hall–Kier alpha value is -1.36. The monoisotopic (exact) mass is 323 g/mol.